The molecule has 0 aliphatic rings. The molecule has 102 valence electrons. The molecule has 1 aromatic heterocycles. The van der Waals surface area contributed by atoms with Crippen LogP contribution in [0.15, 0.2) is 24.5 Å². The molecule has 0 bridgehead atoms. The third-order valence-corrected chi connectivity index (χ3v) is 1.89. The Kier molecular flexibility index (Phi) is 4.62. The molecular weight excluding hydrogens is 265 g/mol. The number of aliphatic carboxylic acids is 1. The van der Waals surface area contributed by atoms with Crippen LogP contribution in [0, 0.1) is 0 Å². The summed E-state index contributed by atoms with van der Waals surface area (Å²) in [7, 11) is 0. The third kappa shape index (κ3) is 5.66. The highest BCUT2D eigenvalue weighted by atomic mass is 19.4. The van der Waals surface area contributed by atoms with Gasteiger partial charge < -0.3 is 10.4 Å². The van der Waals surface area contributed by atoms with E-state index in [1.807, 2.05) is 0 Å². The van der Waals surface area contributed by atoms with Crippen LogP contribution >= 0.6 is 0 Å². The van der Waals surface area contributed by atoms with Crippen molar-refractivity contribution in [3.05, 3.63) is 35.7 Å². The normalized spacial score (nSPS) is 11.5. The average Bonchev–Trinajstić information content (AvgIpc) is 2.33. The number of nitrogens with zero attached hydrogens (tertiary/aromatic N) is 1. The lowest BCUT2D eigenvalue weighted by Gasteiger charge is -2.08. The first-order chi connectivity index (χ1) is 8.78. The van der Waals surface area contributed by atoms with Crippen LogP contribution in [0.5, 0.6) is 0 Å². The van der Waals surface area contributed by atoms with Crippen LogP contribution in [-0.2, 0) is 4.79 Å². The van der Waals surface area contributed by atoms with Crippen LogP contribution in [0.1, 0.15) is 15.9 Å². The lowest BCUT2D eigenvalue weighted by atomic mass is 10.2. The molecule has 2 N–H and O–H groups in total. The van der Waals surface area contributed by atoms with E-state index in [1.54, 1.807) is 5.32 Å². The van der Waals surface area contributed by atoms with Gasteiger partial charge in [-0.1, -0.05) is 0 Å². The maximum absolute atomic E-state index is 11.9. The number of carboxylic acids is 1. The van der Waals surface area contributed by atoms with Crippen LogP contribution < -0.4 is 5.32 Å². The summed E-state index contributed by atoms with van der Waals surface area (Å²) in [6.45, 7) is -1.44. The molecule has 1 aromatic rings. The highest BCUT2D eigenvalue weighted by Crippen LogP contribution is 2.13. The van der Waals surface area contributed by atoms with Gasteiger partial charge in [0, 0.05) is 18.5 Å². The minimum atomic E-state index is -4.50. The Bertz CT molecular complexity index is 512. The molecule has 1 amide bonds. The van der Waals surface area contributed by atoms with Gasteiger partial charge >= 0.3 is 12.1 Å². The molecule has 0 saturated heterocycles. The SMILES string of the molecule is O=C(O)/C=C/c1cncc(C(=O)NCC(F)(F)F)c1. The third-order valence-electron chi connectivity index (χ3n) is 1.89. The summed E-state index contributed by atoms with van der Waals surface area (Å²) in [5.74, 6) is -2.12. The average molecular weight is 274 g/mol. The molecule has 0 aliphatic heterocycles. The monoisotopic (exact) mass is 274 g/mol. The van der Waals surface area contributed by atoms with Crippen molar-refractivity contribution < 1.29 is 27.9 Å². The molecule has 0 unspecified atom stereocenters. The minimum Gasteiger partial charge on any atom is -0.478 e. The fourth-order valence-electron chi connectivity index (χ4n) is 1.12. The molecule has 8 heteroatoms. The van der Waals surface area contributed by atoms with Crippen LogP contribution in [0.4, 0.5) is 13.2 Å². The van der Waals surface area contributed by atoms with Crippen molar-refractivity contribution in [3.8, 4) is 0 Å². The lowest BCUT2D eigenvalue weighted by molar-refractivity contribution is -0.131. The smallest absolute Gasteiger partial charge is 0.405 e. The molecule has 0 saturated carbocycles. The molecule has 0 spiro atoms. The number of carbonyl (C=O) groups excluding carboxylic acids is 1. The number of pyridine rings is 1. The number of aromatic nitrogens is 1. The van der Waals surface area contributed by atoms with Gasteiger partial charge in [0.05, 0.1) is 5.56 Å². The molecule has 0 fully saturated rings. The van der Waals surface area contributed by atoms with E-state index in [4.69, 9.17) is 5.11 Å². The van der Waals surface area contributed by atoms with Gasteiger partial charge in [0.1, 0.15) is 6.54 Å². The second-order valence-electron chi connectivity index (χ2n) is 3.48. The van der Waals surface area contributed by atoms with E-state index < -0.39 is 24.6 Å². The van der Waals surface area contributed by atoms with Gasteiger partial charge in [0.25, 0.3) is 5.91 Å². The first-order valence-electron chi connectivity index (χ1n) is 4.99. The van der Waals surface area contributed by atoms with E-state index in [2.05, 4.69) is 4.98 Å². The first-order valence-corrected chi connectivity index (χ1v) is 4.99. The molecule has 0 atom stereocenters. The summed E-state index contributed by atoms with van der Waals surface area (Å²) in [5.41, 5.74) is 0.207. The molecule has 0 radical (unpaired) electrons. The maximum atomic E-state index is 11.9. The molecule has 5 nitrogen and oxygen atoms in total. The number of nitrogens with one attached hydrogen (secondary N) is 1. The number of hydrogen-bond acceptors (Lipinski definition) is 3. The van der Waals surface area contributed by atoms with E-state index >= 15 is 0 Å². The maximum Gasteiger partial charge on any atom is 0.405 e. The van der Waals surface area contributed by atoms with Crippen molar-refractivity contribution in [1.29, 1.82) is 0 Å². The summed E-state index contributed by atoms with van der Waals surface area (Å²) in [4.78, 5) is 25.3. The van der Waals surface area contributed by atoms with E-state index in [0.717, 1.165) is 12.3 Å². The summed E-state index contributed by atoms with van der Waals surface area (Å²) in [6.07, 6.45) is -0.127. The topological polar surface area (TPSA) is 79.3 Å². The predicted octanol–water partition coefficient (Wildman–Crippen LogP) is 1.47. The molecule has 19 heavy (non-hydrogen) atoms. The number of alkyl halides is 3. The Morgan fingerprint density at radius 2 is 2.05 bits per heavy atom. The second kappa shape index (κ2) is 5.98. The Labute approximate surface area is 105 Å². The van der Waals surface area contributed by atoms with Crippen molar-refractivity contribution in [2.24, 2.45) is 0 Å². The van der Waals surface area contributed by atoms with Gasteiger partial charge in [-0.3, -0.25) is 9.78 Å². The van der Waals surface area contributed by atoms with Crippen LogP contribution in [0.2, 0.25) is 0 Å². The largest absolute Gasteiger partial charge is 0.478 e. The van der Waals surface area contributed by atoms with Gasteiger partial charge in [0.15, 0.2) is 0 Å². The molecule has 0 aliphatic carbocycles. The van der Waals surface area contributed by atoms with Crippen molar-refractivity contribution in [2.75, 3.05) is 6.54 Å². The number of hydrogen-bond donors (Lipinski definition) is 2. The Morgan fingerprint density at radius 3 is 2.63 bits per heavy atom. The van der Waals surface area contributed by atoms with Crippen molar-refractivity contribution in [2.45, 2.75) is 6.18 Å². The number of amides is 1. The van der Waals surface area contributed by atoms with Crippen molar-refractivity contribution >= 4 is 18.0 Å². The minimum absolute atomic E-state index is 0.0863. The van der Waals surface area contributed by atoms with Crippen LogP contribution in [0.25, 0.3) is 6.08 Å². The predicted molar refractivity (Wildman–Crippen MR) is 59.3 cm³/mol. The van der Waals surface area contributed by atoms with Gasteiger partial charge in [-0.05, 0) is 17.7 Å². The quantitative estimate of drug-likeness (QED) is 0.815. The second-order valence-corrected chi connectivity index (χ2v) is 3.48. The number of halogens is 3. The summed E-state index contributed by atoms with van der Waals surface area (Å²) < 4.78 is 35.7. The van der Waals surface area contributed by atoms with Crippen molar-refractivity contribution in [1.82, 2.24) is 10.3 Å². The van der Waals surface area contributed by atoms with E-state index in [0.29, 0.717) is 5.56 Å². The fraction of sp³-hybridized carbons (Fsp3) is 0.182. The van der Waals surface area contributed by atoms with Crippen molar-refractivity contribution in [3.63, 3.8) is 0 Å². The highest BCUT2D eigenvalue weighted by molar-refractivity contribution is 5.94. The van der Waals surface area contributed by atoms with Crippen LogP contribution in [0.3, 0.4) is 0 Å². The zero-order valence-corrected chi connectivity index (χ0v) is 9.44. The summed E-state index contributed by atoms with van der Waals surface area (Å²) >= 11 is 0. The number of carboxylic acid groups (broad SMARTS) is 1. The lowest BCUT2D eigenvalue weighted by Crippen LogP contribution is -2.33. The Hall–Kier alpha value is -2.38. The number of carbonyl (C=O) groups is 2. The summed E-state index contributed by atoms with van der Waals surface area (Å²) in [6, 6.07) is 1.23. The zero-order valence-electron chi connectivity index (χ0n) is 9.44. The highest BCUT2D eigenvalue weighted by Gasteiger charge is 2.27. The van der Waals surface area contributed by atoms with E-state index in [-0.39, 0.29) is 5.56 Å². The molecular formula is C11H9F3N2O3. The number of rotatable bonds is 4. The van der Waals surface area contributed by atoms with Gasteiger partial charge in [-0.2, -0.15) is 13.2 Å². The van der Waals surface area contributed by atoms with Gasteiger partial charge in [-0.25, -0.2) is 4.79 Å². The standard InChI is InChI=1S/C11H9F3N2O3/c12-11(13,14)6-16-10(19)8-3-7(4-15-5-8)1-2-9(17)18/h1-5H,6H2,(H,16,19)(H,17,18)/b2-1+. The molecule has 0 aromatic carbocycles. The zero-order chi connectivity index (χ0) is 14.5. The summed E-state index contributed by atoms with van der Waals surface area (Å²) in [5, 5.41) is 10.1. The van der Waals surface area contributed by atoms with Gasteiger partial charge in [0.2, 0.25) is 0 Å². The molecule has 1 heterocycles. The fourth-order valence-corrected chi connectivity index (χ4v) is 1.12. The van der Waals surface area contributed by atoms with E-state index in [9.17, 15) is 22.8 Å². The van der Waals surface area contributed by atoms with Crippen LogP contribution in [-0.4, -0.2) is 34.7 Å². The van der Waals surface area contributed by atoms with Gasteiger partial charge in [-0.15, -0.1) is 0 Å². The van der Waals surface area contributed by atoms with E-state index in [1.165, 1.54) is 18.3 Å². The first kappa shape index (κ1) is 14.7. The molecule has 1 rings (SSSR count). The Balaban J connectivity index is 2.76. The Morgan fingerprint density at radius 1 is 1.37 bits per heavy atom.